The van der Waals surface area contributed by atoms with Crippen LogP contribution in [-0.4, -0.2) is 37.1 Å². The molecular formula is C27H23N5O2. The third kappa shape index (κ3) is 4.49. The van der Waals surface area contributed by atoms with Gasteiger partial charge in [0.25, 0.3) is 5.91 Å². The van der Waals surface area contributed by atoms with Crippen LogP contribution >= 0.6 is 0 Å². The number of hydrogen-bond acceptors (Lipinski definition) is 5. The Morgan fingerprint density at radius 3 is 2.50 bits per heavy atom. The minimum atomic E-state index is -0.162. The Morgan fingerprint density at radius 1 is 0.912 bits per heavy atom. The summed E-state index contributed by atoms with van der Waals surface area (Å²) in [6.45, 7) is 1.34. The largest absolute Gasteiger partial charge is 0.507 e. The highest BCUT2D eigenvalue weighted by Gasteiger charge is 2.17. The van der Waals surface area contributed by atoms with Crippen molar-refractivity contribution in [3.05, 3.63) is 97.1 Å². The molecule has 0 aliphatic rings. The molecule has 0 saturated carbocycles. The van der Waals surface area contributed by atoms with E-state index in [4.69, 9.17) is 9.97 Å². The number of amides is 1. The van der Waals surface area contributed by atoms with Crippen molar-refractivity contribution in [3.8, 4) is 28.3 Å². The van der Waals surface area contributed by atoms with Crippen LogP contribution in [0.5, 0.6) is 5.75 Å². The Kier molecular flexibility index (Phi) is 5.99. The van der Waals surface area contributed by atoms with E-state index in [2.05, 4.69) is 10.3 Å². The molecule has 0 spiro atoms. The maximum atomic E-state index is 12.7. The first-order valence-electron chi connectivity index (χ1n) is 11.1. The van der Waals surface area contributed by atoms with E-state index in [0.717, 1.165) is 18.5 Å². The maximum absolute atomic E-state index is 12.7. The zero-order chi connectivity index (χ0) is 23.3. The number of phenolic OH excluding ortho intramolecular Hbond substituents is 1. The lowest BCUT2D eigenvalue weighted by atomic mass is 10.0. The molecule has 0 saturated heterocycles. The summed E-state index contributed by atoms with van der Waals surface area (Å²) < 4.78 is 1.97. The van der Waals surface area contributed by atoms with Gasteiger partial charge in [-0.25, -0.2) is 15.0 Å². The molecule has 0 atom stereocenters. The molecule has 0 bridgehead atoms. The number of benzene rings is 3. The third-order valence-corrected chi connectivity index (χ3v) is 5.57. The lowest BCUT2D eigenvalue weighted by molar-refractivity contribution is 0.0953. The Bertz CT molecular complexity index is 1430. The number of para-hydroxylation sites is 1. The van der Waals surface area contributed by atoms with Gasteiger partial charge in [0.15, 0.2) is 0 Å². The number of hydrogen-bond donors (Lipinski definition) is 2. The Morgan fingerprint density at radius 2 is 1.71 bits per heavy atom. The smallest absolute Gasteiger partial charge is 0.251 e. The van der Waals surface area contributed by atoms with E-state index in [1.165, 1.54) is 0 Å². The van der Waals surface area contributed by atoms with E-state index in [1.54, 1.807) is 36.8 Å². The van der Waals surface area contributed by atoms with Crippen LogP contribution in [-0.2, 0) is 6.54 Å². The average molecular weight is 450 g/mol. The maximum Gasteiger partial charge on any atom is 0.251 e. The van der Waals surface area contributed by atoms with Gasteiger partial charge in [-0.3, -0.25) is 4.79 Å². The van der Waals surface area contributed by atoms with Crippen LogP contribution in [0, 0.1) is 0 Å². The number of aromatic hydroxyl groups is 1. The zero-order valence-electron chi connectivity index (χ0n) is 18.4. The number of fused-ring (bicyclic) bond motifs is 1. The molecule has 0 unspecified atom stereocenters. The molecule has 1 amide bonds. The molecule has 5 aromatic rings. The van der Waals surface area contributed by atoms with E-state index in [9.17, 15) is 9.90 Å². The van der Waals surface area contributed by atoms with Gasteiger partial charge in [-0.05, 0) is 36.8 Å². The molecule has 7 nitrogen and oxygen atoms in total. The van der Waals surface area contributed by atoms with E-state index in [-0.39, 0.29) is 11.7 Å². The number of rotatable bonds is 7. The number of nitrogens with one attached hydrogen (secondary N) is 1. The first kappa shape index (κ1) is 21.3. The van der Waals surface area contributed by atoms with E-state index >= 15 is 0 Å². The standard InChI is InChI=1S/C27H23N5O2/c33-24-10-5-4-9-21(24)26-25(19-7-2-1-3-8-19)30-22-12-11-20(17-23(22)31-26)27(34)29-13-6-15-32-16-14-28-18-32/h1-5,7-12,14,16-18,33H,6,13,15H2,(H,29,34). The van der Waals surface area contributed by atoms with Crippen molar-refractivity contribution < 1.29 is 9.90 Å². The molecule has 168 valence electrons. The van der Waals surface area contributed by atoms with Gasteiger partial charge in [-0.1, -0.05) is 42.5 Å². The Labute approximate surface area is 196 Å². The van der Waals surface area contributed by atoms with Crippen LogP contribution in [0.1, 0.15) is 16.8 Å². The Hall–Kier alpha value is -4.52. The highest BCUT2D eigenvalue weighted by molar-refractivity contribution is 5.98. The zero-order valence-corrected chi connectivity index (χ0v) is 18.4. The first-order valence-corrected chi connectivity index (χ1v) is 11.1. The van der Waals surface area contributed by atoms with E-state index < -0.39 is 0 Å². The van der Waals surface area contributed by atoms with E-state index in [1.807, 2.05) is 59.3 Å². The third-order valence-electron chi connectivity index (χ3n) is 5.57. The normalized spacial score (nSPS) is 10.9. The molecule has 0 radical (unpaired) electrons. The molecular weight excluding hydrogens is 426 g/mol. The number of nitrogens with zero attached hydrogens (tertiary/aromatic N) is 4. The van der Waals surface area contributed by atoms with Gasteiger partial charge in [-0.15, -0.1) is 0 Å². The molecule has 0 aliphatic heterocycles. The molecule has 0 aliphatic carbocycles. The molecule has 7 heteroatoms. The molecule has 2 heterocycles. The van der Waals surface area contributed by atoms with Gasteiger partial charge < -0.3 is 15.0 Å². The van der Waals surface area contributed by atoms with Crippen molar-refractivity contribution >= 4 is 16.9 Å². The van der Waals surface area contributed by atoms with Gasteiger partial charge in [-0.2, -0.15) is 0 Å². The van der Waals surface area contributed by atoms with Crippen molar-refractivity contribution in [1.82, 2.24) is 24.8 Å². The quantitative estimate of drug-likeness (QED) is 0.352. The van der Waals surface area contributed by atoms with Gasteiger partial charge >= 0.3 is 0 Å². The molecule has 34 heavy (non-hydrogen) atoms. The minimum absolute atomic E-state index is 0.125. The first-order chi connectivity index (χ1) is 16.7. The van der Waals surface area contributed by atoms with Crippen LogP contribution < -0.4 is 5.32 Å². The summed E-state index contributed by atoms with van der Waals surface area (Å²) in [6.07, 6.45) is 6.19. The van der Waals surface area contributed by atoms with Crippen molar-refractivity contribution in [2.24, 2.45) is 0 Å². The van der Waals surface area contributed by atoms with Crippen LogP contribution in [0.4, 0.5) is 0 Å². The van der Waals surface area contributed by atoms with Gasteiger partial charge in [0.05, 0.1) is 23.1 Å². The number of carbonyl (C=O) groups excluding carboxylic acids is 1. The fraction of sp³-hybridized carbons (Fsp3) is 0.111. The number of imidazole rings is 1. The fourth-order valence-electron chi connectivity index (χ4n) is 3.84. The van der Waals surface area contributed by atoms with Crippen molar-refractivity contribution in [3.63, 3.8) is 0 Å². The molecule has 5 rings (SSSR count). The molecule has 2 aromatic heterocycles. The minimum Gasteiger partial charge on any atom is -0.507 e. The predicted octanol–water partition coefficient (Wildman–Crippen LogP) is 4.69. The summed E-state index contributed by atoms with van der Waals surface area (Å²) >= 11 is 0. The fourth-order valence-corrected chi connectivity index (χ4v) is 3.84. The summed E-state index contributed by atoms with van der Waals surface area (Å²) in [7, 11) is 0. The van der Waals surface area contributed by atoms with Crippen LogP contribution in [0.15, 0.2) is 91.5 Å². The van der Waals surface area contributed by atoms with Gasteiger partial charge in [0.2, 0.25) is 0 Å². The summed E-state index contributed by atoms with van der Waals surface area (Å²) in [6, 6.07) is 22.1. The summed E-state index contributed by atoms with van der Waals surface area (Å²) in [5, 5.41) is 13.5. The second kappa shape index (κ2) is 9.54. The second-order valence-electron chi connectivity index (χ2n) is 7.92. The van der Waals surface area contributed by atoms with Gasteiger partial charge in [0.1, 0.15) is 11.4 Å². The van der Waals surface area contributed by atoms with E-state index in [0.29, 0.717) is 40.1 Å². The summed E-state index contributed by atoms with van der Waals surface area (Å²) in [4.78, 5) is 26.4. The van der Waals surface area contributed by atoms with Crippen molar-refractivity contribution in [2.75, 3.05) is 6.54 Å². The predicted molar refractivity (Wildman–Crippen MR) is 131 cm³/mol. The highest BCUT2D eigenvalue weighted by atomic mass is 16.3. The number of phenols is 1. The average Bonchev–Trinajstić information content (AvgIpc) is 3.40. The molecule has 0 fully saturated rings. The monoisotopic (exact) mass is 449 g/mol. The van der Waals surface area contributed by atoms with Crippen LogP contribution in [0.3, 0.4) is 0 Å². The number of aromatic nitrogens is 4. The van der Waals surface area contributed by atoms with Crippen LogP contribution in [0.2, 0.25) is 0 Å². The SMILES string of the molecule is O=C(NCCCn1ccnc1)c1ccc2nc(-c3ccccc3)c(-c3ccccc3O)nc2c1. The number of aryl methyl sites for hydroxylation is 1. The highest BCUT2D eigenvalue weighted by Crippen LogP contribution is 2.35. The molecule has 2 N–H and O–H groups in total. The van der Waals surface area contributed by atoms with Gasteiger partial charge in [0, 0.05) is 42.2 Å². The lowest BCUT2D eigenvalue weighted by Gasteiger charge is -2.12. The second-order valence-corrected chi connectivity index (χ2v) is 7.92. The number of carbonyl (C=O) groups is 1. The summed E-state index contributed by atoms with van der Waals surface area (Å²) in [5.74, 6) is -0.0364. The van der Waals surface area contributed by atoms with Crippen LogP contribution in [0.25, 0.3) is 33.5 Å². The molecule has 3 aromatic carbocycles. The summed E-state index contributed by atoms with van der Waals surface area (Å²) in [5.41, 5.74) is 4.50. The Balaban J connectivity index is 1.46. The lowest BCUT2D eigenvalue weighted by Crippen LogP contribution is -2.25. The van der Waals surface area contributed by atoms with Crippen molar-refractivity contribution in [1.29, 1.82) is 0 Å². The topological polar surface area (TPSA) is 92.9 Å². The van der Waals surface area contributed by atoms with Crippen molar-refractivity contribution in [2.45, 2.75) is 13.0 Å².